The lowest BCUT2D eigenvalue weighted by Gasteiger charge is -2.22. The number of fused-ring (bicyclic) bond motifs is 1. The predicted octanol–water partition coefficient (Wildman–Crippen LogP) is 1.24. The molecule has 1 aliphatic rings. The van der Waals surface area contributed by atoms with Gasteiger partial charge in [0.15, 0.2) is 0 Å². The van der Waals surface area contributed by atoms with Crippen LogP contribution in [0, 0.1) is 0 Å². The fourth-order valence-corrected chi connectivity index (χ4v) is 2.97. The summed E-state index contributed by atoms with van der Waals surface area (Å²) in [6.45, 7) is 1.98. The van der Waals surface area contributed by atoms with E-state index in [-0.39, 0.29) is 0 Å². The Labute approximate surface area is 127 Å². The molecule has 22 heavy (non-hydrogen) atoms. The van der Waals surface area contributed by atoms with E-state index >= 15 is 0 Å². The van der Waals surface area contributed by atoms with E-state index in [1.165, 1.54) is 0 Å². The molecule has 0 bridgehead atoms. The summed E-state index contributed by atoms with van der Waals surface area (Å²) >= 11 is 0. The van der Waals surface area contributed by atoms with Crippen molar-refractivity contribution >= 4 is 11.3 Å². The topological polar surface area (TPSA) is 94.0 Å². The molecule has 0 spiro atoms. The Morgan fingerprint density at radius 2 is 2.23 bits per heavy atom. The fourth-order valence-electron chi connectivity index (χ4n) is 2.97. The standard InChI is InChI=1S/C15H17N7/c16-15-14(10-2-1-3-17-6-10)19-8-12(21-15)11-7-20-22-5-4-18-9-13(11)22/h4-5,7-10,17H,1-3,6H2,(H2,16,21). The summed E-state index contributed by atoms with van der Waals surface area (Å²) in [4.78, 5) is 13.3. The lowest BCUT2D eigenvalue weighted by Crippen LogP contribution is -2.29. The highest BCUT2D eigenvalue weighted by Crippen LogP contribution is 2.28. The van der Waals surface area contributed by atoms with Crippen molar-refractivity contribution in [1.82, 2.24) is 29.9 Å². The molecule has 7 nitrogen and oxygen atoms in total. The minimum Gasteiger partial charge on any atom is -0.382 e. The number of hydrogen-bond acceptors (Lipinski definition) is 6. The summed E-state index contributed by atoms with van der Waals surface area (Å²) in [6, 6.07) is 0. The Morgan fingerprint density at radius 1 is 1.27 bits per heavy atom. The van der Waals surface area contributed by atoms with E-state index in [1.807, 2.05) is 0 Å². The first kappa shape index (κ1) is 13.1. The number of hydrogen-bond donors (Lipinski definition) is 2. The van der Waals surface area contributed by atoms with Gasteiger partial charge in [0.2, 0.25) is 0 Å². The molecule has 3 N–H and O–H groups in total. The van der Waals surface area contributed by atoms with E-state index in [1.54, 1.807) is 35.5 Å². The van der Waals surface area contributed by atoms with Crippen LogP contribution in [0.5, 0.6) is 0 Å². The predicted molar refractivity (Wildman–Crippen MR) is 83.3 cm³/mol. The van der Waals surface area contributed by atoms with Crippen LogP contribution in [-0.2, 0) is 0 Å². The summed E-state index contributed by atoms with van der Waals surface area (Å²) in [5.41, 5.74) is 9.56. The van der Waals surface area contributed by atoms with Crippen molar-refractivity contribution in [2.45, 2.75) is 18.8 Å². The molecule has 4 heterocycles. The van der Waals surface area contributed by atoms with Crippen molar-refractivity contribution in [1.29, 1.82) is 0 Å². The summed E-state index contributed by atoms with van der Waals surface area (Å²) in [5, 5.41) is 7.68. The first-order valence-corrected chi connectivity index (χ1v) is 7.44. The number of nitrogen functional groups attached to an aromatic ring is 1. The highest BCUT2D eigenvalue weighted by Gasteiger charge is 2.20. The molecule has 0 saturated carbocycles. The largest absolute Gasteiger partial charge is 0.382 e. The van der Waals surface area contributed by atoms with Gasteiger partial charge in [-0.2, -0.15) is 5.10 Å². The van der Waals surface area contributed by atoms with Crippen LogP contribution >= 0.6 is 0 Å². The lowest BCUT2D eigenvalue weighted by molar-refractivity contribution is 0.455. The zero-order valence-electron chi connectivity index (χ0n) is 12.1. The van der Waals surface area contributed by atoms with E-state index in [2.05, 4.69) is 25.4 Å². The van der Waals surface area contributed by atoms with Gasteiger partial charge in [-0.3, -0.25) is 9.97 Å². The van der Waals surface area contributed by atoms with Crippen LogP contribution in [0.15, 0.2) is 31.0 Å². The second-order valence-electron chi connectivity index (χ2n) is 5.53. The van der Waals surface area contributed by atoms with Crippen LogP contribution in [-0.4, -0.2) is 37.7 Å². The van der Waals surface area contributed by atoms with Gasteiger partial charge in [-0.1, -0.05) is 0 Å². The molecule has 0 aromatic carbocycles. The molecular formula is C15H17N7. The molecule has 0 radical (unpaired) electrons. The van der Waals surface area contributed by atoms with E-state index in [9.17, 15) is 0 Å². The number of nitrogens with zero attached hydrogens (tertiary/aromatic N) is 5. The van der Waals surface area contributed by atoms with Gasteiger partial charge in [-0.15, -0.1) is 0 Å². The minimum atomic E-state index is 0.348. The third-order valence-electron chi connectivity index (χ3n) is 4.11. The molecule has 0 amide bonds. The molecule has 3 aromatic rings. The van der Waals surface area contributed by atoms with Crippen LogP contribution in [0.25, 0.3) is 16.8 Å². The highest BCUT2D eigenvalue weighted by molar-refractivity contribution is 5.77. The zero-order valence-corrected chi connectivity index (χ0v) is 12.1. The van der Waals surface area contributed by atoms with Gasteiger partial charge in [-0.25, -0.2) is 9.50 Å². The first-order valence-electron chi connectivity index (χ1n) is 7.44. The van der Waals surface area contributed by atoms with Gasteiger partial charge in [0.05, 0.1) is 35.5 Å². The van der Waals surface area contributed by atoms with E-state index < -0.39 is 0 Å². The number of piperidine rings is 1. The summed E-state index contributed by atoms with van der Waals surface area (Å²) in [7, 11) is 0. The van der Waals surface area contributed by atoms with Crippen molar-refractivity contribution in [2.75, 3.05) is 18.8 Å². The third-order valence-corrected chi connectivity index (χ3v) is 4.11. The molecule has 1 atom stereocenters. The van der Waals surface area contributed by atoms with Gasteiger partial charge < -0.3 is 11.1 Å². The third kappa shape index (κ3) is 2.19. The quantitative estimate of drug-likeness (QED) is 0.738. The molecule has 112 valence electrons. The first-order chi connectivity index (χ1) is 10.8. The Bertz CT molecular complexity index is 805. The Morgan fingerprint density at radius 3 is 3.05 bits per heavy atom. The molecule has 1 unspecified atom stereocenters. The molecule has 7 heteroatoms. The van der Waals surface area contributed by atoms with Crippen LogP contribution < -0.4 is 11.1 Å². The highest BCUT2D eigenvalue weighted by atomic mass is 15.2. The Kier molecular flexibility index (Phi) is 3.19. The maximum Gasteiger partial charge on any atom is 0.146 e. The number of anilines is 1. The maximum atomic E-state index is 6.16. The Balaban J connectivity index is 1.73. The fraction of sp³-hybridized carbons (Fsp3) is 0.333. The number of nitrogens with one attached hydrogen (secondary N) is 1. The second kappa shape index (κ2) is 5.34. The van der Waals surface area contributed by atoms with E-state index in [4.69, 9.17) is 5.73 Å². The van der Waals surface area contributed by atoms with Crippen molar-refractivity contribution in [3.63, 3.8) is 0 Å². The van der Waals surface area contributed by atoms with Crippen molar-refractivity contribution in [3.8, 4) is 11.3 Å². The van der Waals surface area contributed by atoms with Crippen LogP contribution in [0.1, 0.15) is 24.5 Å². The minimum absolute atomic E-state index is 0.348. The van der Waals surface area contributed by atoms with Crippen molar-refractivity contribution in [3.05, 3.63) is 36.7 Å². The number of aromatic nitrogens is 5. The van der Waals surface area contributed by atoms with Crippen LogP contribution in [0.2, 0.25) is 0 Å². The van der Waals surface area contributed by atoms with E-state index in [0.717, 1.165) is 48.4 Å². The molecule has 4 rings (SSSR count). The molecule has 1 aliphatic heterocycles. The van der Waals surface area contributed by atoms with Gasteiger partial charge in [0, 0.05) is 30.4 Å². The molecule has 3 aromatic heterocycles. The molecule has 1 fully saturated rings. The molecule has 0 aliphatic carbocycles. The maximum absolute atomic E-state index is 6.16. The lowest BCUT2D eigenvalue weighted by atomic mass is 9.96. The zero-order chi connectivity index (χ0) is 14.9. The van der Waals surface area contributed by atoms with Gasteiger partial charge in [0.1, 0.15) is 5.82 Å². The number of rotatable bonds is 2. The Hall–Kier alpha value is -2.54. The summed E-state index contributed by atoms with van der Waals surface area (Å²) < 4.78 is 1.76. The van der Waals surface area contributed by atoms with Crippen molar-refractivity contribution in [2.24, 2.45) is 0 Å². The molecular weight excluding hydrogens is 278 g/mol. The average molecular weight is 295 g/mol. The van der Waals surface area contributed by atoms with Crippen LogP contribution in [0.4, 0.5) is 5.82 Å². The van der Waals surface area contributed by atoms with Gasteiger partial charge in [-0.05, 0) is 19.4 Å². The average Bonchev–Trinajstić information content (AvgIpc) is 2.99. The van der Waals surface area contributed by atoms with Crippen molar-refractivity contribution < 1.29 is 0 Å². The molecule has 1 saturated heterocycles. The normalized spacial score (nSPS) is 18.6. The smallest absolute Gasteiger partial charge is 0.146 e. The second-order valence-corrected chi connectivity index (χ2v) is 5.53. The van der Waals surface area contributed by atoms with Gasteiger partial charge in [0.25, 0.3) is 0 Å². The van der Waals surface area contributed by atoms with Crippen LogP contribution in [0.3, 0.4) is 0 Å². The van der Waals surface area contributed by atoms with E-state index in [0.29, 0.717) is 11.7 Å². The summed E-state index contributed by atoms with van der Waals surface area (Å²) in [5.74, 6) is 0.857. The summed E-state index contributed by atoms with van der Waals surface area (Å²) in [6.07, 6.45) is 11.1. The monoisotopic (exact) mass is 295 g/mol. The van der Waals surface area contributed by atoms with Gasteiger partial charge >= 0.3 is 0 Å². The number of nitrogens with two attached hydrogens (primary N) is 1. The SMILES string of the molecule is Nc1nc(-c2cnn3ccncc23)cnc1C1CCCNC1.